The SMILES string of the molecule is OC(Cl)=CBr. The molecule has 0 saturated heterocycles. The van der Waals surface area contributed by atoms with Crippen molar-refractivity contribution in [2.45, 2.75) is 0 Å². The van der Waals surface area contributed by atoms with E-state index in [1.54, 1.807) is 0 Å². The second-order valence-corrected chi connectivity index (χ2v) is 1.28. The van der Waals surface area contributed by atoms with Crippen molar-refractivity contribution in [3.63, 3.8) is 0 Å². The van der Waals surface area contributed by atoms with Gasteiger partial charge in [-0.05, 0) is 11.6 Å². The predicted molar refractivity (Wildman–Crippen MR) is 25.5 cm³/mol. The van der Waals surface area contributed by atoms with E-state index in [0.717, 1.165) is 0 Å². The van der Waals surface area contributed by atoms with E-state index in [1.807, 2.05) is 0 Å². The quantitative estimate of drug-likeness (QED) is 0.533. The summed E-state index contributed by atoms with van der Waals surface area (Å²) < 4.78 is 0. The van der Waals surface area contributed by atoms with Crippen LogP contribution in [-0.4, -0.2) is 5.11 Å². The second kappa shape index (κ2) is 2.54. The molecule has 0 fully saturated rings. The highest BCUT2D eigenvalue weighted by atomic mass is 79.9. The van der Waals surface area contributed by atoms with Gasteiger partial charge in [-0.3, -0.25) is 0 Å². The molecule has 1 nitrogen and oxygen atoms in total. The van der Waals surface area contributed by atoms with Crippen LogP contribution in [0.15, 0.2) is 10.2 Å². The summed E-state index contributed by atoms with van der Waals surface area (Å²) in [5, 5.41) is 7.71. The van der Waals surface area contributed by atoms with Crippen molar-refractivity contribution >= 4 is 27.5 Å². The molecule has 0 aromatic carbocycles. The smallest absolute Gasteiger partial charge is 0.191 e. The predicted octanol–water partition coefficient (Wildman–Crippen LogP) is 1.98. The molecule has 0 aliphatic carbocycles. The van der Waals surface area contributed by atoms with E-state index in [1.165, 1.54) is 4.99 Å². The van der Waals surface area contributed by atoms with Gasteiger partial charge < -0.3 is 5.11 Å². The zero-order chi connectivity index (χ0) is 4.28. The third-order valence-electron chi connectivity index (χ3n) is 0.0900. The molecular weight excluding hydrogens is 155 g/mol. The monoisotopic (exact) mass is 156 g/mol. The molecule has 3 heteroatoms. The van der Waals surface area contributed by atoms with Crippen molar-refractivity contribution in [3.05, 3.63) is 10.2 Å². The third-order valence-corrected chi connectivity index (χ3v) is 0.896. The Labute approximate surface area is 43.4 Å². The number of rotatable bonds is 0. The molecule has 0 aromatic heterocycles. The Morgan fingerprint density at radius 2 is 2.20 bits per heavy atom. The Hall–Kier alpha value is 0.310. The number of hydrogen-bond donors (Lipinski definition) is 1. The first-order valence-corrected chi connectivity index (χ1v) is 2.21. The van der Waals surface area contributed by atoms with Crippen molar-refractivity contribution < 1.29 is 5.11 Å². The molecular formula is C2H2BrClO. The van der Waals surface area contributed by atoms with Crippen LogP contribution in [0.2, 0.25) is 0 Å². The van der Waals surface area contributed by atoms with Gasteiger partial charge in [-0.2, -0.15) is 0 Å². The van der Waals surface area contributed by atoms with Gasteiger partial charge >= 0.3 is 0 Å². The summed E-state index contributed by atoms with van der Waals surface area (Å²) in [6.07, 6.45) is 0. The highest BCUT2D eigenvalue weighted by Gasteiger charge is 1.69. The van der Waals surface area contributed by atoms with E-state index in [-0.39, 0.29) is 5.22 Å². The number of aliphatic hydroxyl groups is 1. The van der Waals surface area contributed by atoms with Gasteiger partial charge in [-0.15, -0.1) is 0 Å². The van der Waals surface area contributed by atoms with E-state index < -0.39 is 0 Å². The van der Waals surface area contributed by atoms with Gasteiger partial charge in [0, 0.05) is 4.99 Å². The molecule has 0 radical (unpaired) electrons. The van der Waals surface area contributed by atoms with Gasteiger partial charge in [0.25, 0.3) is 0 Å². The Morgan fingerprint density at radius 1 is 2.00 bits per heavy atom. The average molecular weight is 157 g/mol. The average Bonchev–Trinajstić information content (AvgIpc) is 1.38. The number of hydrogen-bond acceptors (Lipinski definition) is 1. The lowest BCUT2D eigenvalue weighted by Gasteiger charge is -1.69. The van der Waals surface area contributed by atoms with Crippen LogP contribution in [0.3, 0.4) is 0 Å². The molecule has 0 aromatic rings. The van der Waals surface area contributed by atoms with Crippen molar-refractivity contribution in [2.75, 3.05) is 0 Å². The minimum atomic E-state index is -0.231. The summed E-state index contributed by atoms with van der Waals surface area (Å²) in [7, 11) is 0. The lowest BCUT2D eigenvalue weighted by Crippen LogP contribution is -1.51. The van der Waals surface area contributed by atoms with Crippen molar-refractivity contribution in [2.24, 2.45) is 0 Å². The van der Waals surface area contributed by atoms with Gasteiger partial charge in [0.1, 0.15) is 0 Å². The first-order valence-electron chi connectivity index (χ1n) is 0.919. The fourth-order valence-electron chi connectivity index (χ4n) is 0. The van der Waals surface area contributed by atoms with E-state index in [9.17, 15) is 0 Å². The summed E-state index contributed by atoms with van der Waals surface area (Å²) in [6, 6.07) is 0. The fourth-order valence-corrected chi connectivity index (χ4v) is 0. The highest BCUT2D eigenvalue weighted by molar-refractivity contribution is 9.11. The molecule has 0 spiro atoms. The molecule has 0 bridgehead atoms. The first kappa shape index (κ1) is 5.31. The van der Waals surface area contributed by atoms with Crippen LogP contribution in [-0.2, 0) is 0 Å². The van der Waals surface area contributed by atoms with Gasteiger partial charge in [-0.25, -0.2) is 0 Å². The van der Waals surface area contributed by atoms with Crippen molar-refractivity contribution in [1.82, 2.24) is 0 Å². The fraction of sp³-hybridized carbons (Fsp3) is 0. The molecule has 0 unspecified atom stereocenters. The summed E-state index contributed by atoms with van der Waals surface area (Å²) in [6.45, 7) is 0. The maximum atomic E-state index is 7.94. The van der Waals surface area contributed by atoms with Gasteiger partial charge in [0.15, 0.2) is 5.22 Å². The largest absolute Gasteiger partial charge is 0.498 e. The van der Waals surface area contributed by atoms with E-state index >= 15 is 0 Å². The topological polar surface area (TPSA) is 20.2 Å². The van der Waals surface area contributed by atoms with Crippen LogP contribution in [0.5, 0.6) is 0 Å². The molecule has 0 saturated carbocycles. The summed E-state index contributed by atoms with van der Waals surface area (Å²) >= 11 is 7.60. The molecule has 1 N–H and O–H groups in total. The molecule has 0 amide bonds. The Balaban J connectivity index is 3.14. The Bertz CT molecular complexity index is 47.6. The van der Waals surface area contributed by atoms with Crippen molar-refractivity contribution in [1.29, 1.82) is 0 Å². The van der Waals surface area contributed by atoms with E-state index in [0.29, 0.717) is 0 Å². The normalized spacial score (nSPS) is 12.0. The van der Waals surface area contributed by atoms with Crippen LogP contribution in [0.25, 0.3) is 0 Å². The molecule has 0 rings (SSSR count). The first-order chi connectivity index (χ1) is 2.27. The summed E-state index contributed by atoms with van der Waals surface area (Å²) in [5.41, 5.74) is 0. The molecule has 0 aliphatic rings. The minimum Gasteiger partial charge on any atom is -0.498 e. The van der Waals surface area contributed by atoms with Crippen LogP contribution in [0, 0.1) is 0 Å². The highest BCUT2D eigenvalue weighted by Crippen LogP contribution is 1.95. The lowest BCUT2D eigenvalue weighted by atomic mass is 11.2. The summed E-state index contributed by atoms with van der Waals surface area (Å²) in [4.78, 5) is 1.22. The Morgan fingerprint density at radius 3 is 2.20 bits per heavy atom. The number of aliphatic hydroxyl groups excluding tert-OH is 1. The maximum Gasteiger partial charge on any atom is 0.191 e. The van der Waals surface area contributed by atoms with Gasteiger partial charge in [0.05, 0.1) is 0 Å². The van der Waals surface area contributed by atoms with Crippen LogP contribution >= 0.6 is 27.5 Å². The van der Waals surface area contributed by atoms with Crippen LogP contribution in [0.4, 0.5) is 0 Å². The molecule has 0 heterocycles. The van der Waals surface area contributed by atoms with Gasteiger partial charge in [0.2, 0.25) is 0 Å². The number of halogens is 2. The second-order valence-electron chi connectivity index (χ2n) is 0.432. The molecule has 30 valence electrons. The molecule has 0 atom stereocenters. The molecule has 0 aliphatic heterocycles. The minimum absolute atomic E-state index is 0.231. The Kier molecular flexibility index (Phi) is 2.70. The summed E-state index contributed by atoms with van der Waals surface area (Å²) in [5.74, 6) is 0. The molecule has 5 heavy (non-hydrogen) atoms. The van der Waals surface area contributed by atoms with Gasteiger partial charge in [-0.1, -0.05) is 15.9 Å². The third kappa shape index (κ3) is 4.31. The van der Waals surface area contributed by atoms with E-state index in [4.69, 9.17) is 16.7 Å². The van der Waals surface area contributed by atoms with E-state index in [2.05, 4.69) is 15.9 Å². The standard InChI is InChI=1S/C2H2BrClO/c3-1-2(4)5/h1,5H. The van der Waals surface area contributed by atoms with Crippen LogP contribution in [0.1, 0.15) is 0 Å². The maximum absolute atomic E-state index is 7.94. The lowest BCUT2D eigenvalue weighted by molar-refractivity contribution is 0.454. The van der Waals surface area contributed by atoms with Crippen molar-refractivity contribution in [3.8, 4) is 0 Å². The zero-order valence-electron chi connectivity index (χ0n) is 2.28. The van der Waals surface area contributed by atoms with Crippen LogP contribution < -0.4 is 0 Å². The zero-order valence-corrected chi connectivity index (χ0v) is 4.62.